The largest absolute Gasteiger partial charge is 0.300 e. The van der Waals surface area contributed by atoms with Crippen molar-refractivity contribution in [3.05, 3.63) is 113 Å². The summed E-state index contributed by atoms with van der Waals surface area (Å²) in [6.07, 6.45) is 0.246. The Hall–Kier alpha value is -3.41. The predicted molar refractivity (Wildman–Crippen MR) is 145 cm³/mol. The zero-order valence-corrected chi connectivity index (χ0v) is 21.1. The number of hydrogen-bond donors (Lipinski definition) is 0. The molecule has 0 unspecified atom stereocenters. The van der Waals surface area contributed by atoms with Crippen LogP contribution in [0.15, 0.2) is 95.9 Å². The Bertz CT molecular complexity index is 1320. The molecule has 0 fully saturated rings. The van der Waals surface area contributed by atoms with Crippen LogP contribution in [0.3, 0.4) is 0 Å². The number of nitrogens with zero attached hydrogens (tertiary/aromatic N) is 2. The minimum atomic E-state index is -0.206. The van der Waals surface area contributed by atoms with Gasteiger partial charge in [0.25, 0.3) is 0 Å². The van der Waals surface area contributed by atoms with Gasteiger partial charge in [-0.3, -0.25) is 14.5 Å². The van der Waals surface area contributed by atoms with Crippen molar-refractivity contribution in [1.82, 2.24) is 4.98 Å². The maximum atomic E-state index is 13.4. The van der Waals surface area contributed by atoms with E-state index in [1.165, 1.54) is 9.80 Å². The molecule has 1 aromatic heterocycles. The number of halogens is 1. The van der Waals surface area contributed by atoms with Crippen LogP contribution in [0.2, 0.25) is 5.02 Å². The van der Waals surface area contributed by atoms with Crippen molar-refractivity contribution in [2.75, 3.05) is 17.7 Å². The Morgan fingerprint density at radius 2 is 1.57 bits per heavy atom. The number of carbonyl (C=O) groups excluding carboxylic acids is 2. The van der Waals surface area contributed by atoms with Crippen LogP contribution >= 0.6 is 23.4 Å². The lowest BCUT2D eigenvalue weighted by Crippen LogP contribution is -2.29. The summed E-state index contributed by atoms with van der Waals surface area (Å²) in [6, 6.07) is 27.9. The average Bonchev–Trinajstić information content (AvgIpc) is 2.90. The van der Waals surface area contributed by atoms with Gasteiger partial charge < -0.3 is 0 Å². The molecule has 0 atom stereocenters. The molecule has 0 spiro atoms. The number of amides is 1. The second-order valence-electron chi connectivity index (χ2n) is 7.97. The van der Waals surface area contributed by atoms with E-state index in [4.69, 9.17) is 11.6 Å². The standard InChI is InChI=1S/C29H25ClN2O2S/c1-3-35-24-15-9-20(10-16-24)19-27(33)32(2)26-18-17-25(21-11-13-23(30)14-12-21)28(31-26)29(34)22-7-5-4-6-8-22/h4-18H,3,19H2,1-2H3. The van der Waals surface area contributed by atoms with Gasteiger partial charge in [0.2, 0.25) is 11.7 Å². The fourth-order valence-electron chi connectivity index (χ4n) is 3.69. The molecule has 1 heterocycles. The van der Waals surface area contributed by atoms with Gasteiger partial charge in [-0.15, -0.1) is 11.8 Å². The van der Waals surface area contributed by atoms with E-state index < -0.39 is 0 Å². The van der Waals surface area contributed by atoms with Crippen LogP contribution in [-0.4, -0.2) is 29.5 Å². The summed E-state index contributed by atoms with van der Waals surface area (Å²) in [7, 11) is 1.69. The molecule has 0 radical (unpaired) electrons. The van der Waals surface area contributed by atoms with Gasteiger partial charge in [-0.1, -0.05) is 73.1 Å². The smallest absolute Gasteiger partial charge is 0.232 e. The highest BCUT2D eigenvalue weighted by Gasteiger charge is 2.20. The first kappa shape index (κ1) is 24.7. The third kappa shape index (κ3) is 5.99. The van der Waals surface area contributed by atoms with Crippen LogP contribution in [0.5, 0.6) is 0 Å². The molecule has 0 N–H and O–H groups in total. The van der Waals surface area contributed by atoms with Crippen LogP contribution in [0.25, 0.3) is 11.1 Å². The highest BCUT2D eigenvalue weighted by molar-refractivity contribution is 7.99. The van der Waals surface area contributed by atoms with E-state index in [1.807, 2.05) is 60.7 Å². The van der Waals surface area contributed by atoms with Crippen LogP contribution < -0.4 is 4.90 Å². The van der Waals surface area contributed by atoms with Crippen molar-refractivity contribution < 1.29 is 9.59 Å². The van der Waals surface area contributed by atoms with Gasteiger partial charge in [0.1, 0.15) is 11.5 Å². The monoisotopic (exact) mass is 500 g/mol. The summed E-state index contributed by atoms with van der Waals surface area (Å²) < 4.78 is 0. The second-order valence-corrected chi connectivity index (χ2v) is 9.75. The van der Waals surface area contributed by atoms with E-state index in [0.717, 1.165) is 16.9 Å². The molecular weight excluding hydrogens is 476 g/mol. The van der Waals surface area contributed by atoms with Gasteiger partial charge in [0, 0.05) is 28.1 Å². The number of ketones is 1. The quantitative estimate of drug-likeness (QED) is 0.194. The van der Waals surface area contributed by atoms with Crippen molar-refractivity contribution in [2.24, 2.45) is 0 Å². The second kappa shape index (κ2) is 11.3. The number of hydrogen-bond acceptors (Lipinski definition) is 4. The topological polar surface area (TPSA) is 50.3 Å². The zero-order valence-electron chi connectivity index (χ0n) is 19.6. The number of anilines is 1. The van der Waals surface area contributed by atoms with E-state index in [1.54, 1.807) is 49.1 Å². The molecular formula is C29H25ClN2O2S. The number of pyridine rings is 1. The lowest BCUT2D eigenvalue weighted by atomic mass is 9.98. The Morgan fingerprint density at radius 3 is 2.23 bits per heavy atom. The summed E-state index contributed by atoms with van der Waals surface area (Å²) in [5.74, 6) is 1.11. The molecule has 4 nitrogen and oxygen atoms in total. The molecule has 176 valence electrons. The minimum absolute atomic E-state index is 0.106. The third-order valence-electron chi connectivity index (χ3n) is 5.59. The summed E-state index contributed by atoms with van der Waals surface area (Å²) >= 11 is 7.83. The summed E-state index contributed by atoms with van der Waals surface area (Å²) in [5.41, 5.74) is 3.26. The van der Waals surface area contributed by atoms with Gasteiger partial charge in [0.15, 0.2) is 0 Å². The SMILES string of the molecule is CCSc1ccc(CC(=O)N(C)c2ccc(-c3ccc(Cl)cc3)c(C(=O)c3ccccc3)n2)cc1. The van der Waals surface area contributed by atoms with Gasteiger partial charge in [-0.05, 0) is 53.3 Å². The van der Waals surface area contributed by atoms with Crippen molar-refractivity contribution in [3.8, 4) is 11.1 Å². The van der Waals surface area contributed by atoms with E-state index >= 15 is 0 Å². The average molecular weight is 501 g/mol. The number of benzene rings is 3. The van der Waals surface area contributed by atoms with Crippen LogP contribution in [0.4, 0.5) is 5.82 Å². The highest BCUT2D eigenvalue weighted by Crippen LogP contribution is 2.28. The molecule has 0 aliphatic rings. The maximum absolute atomic E-state index is 13.4. The van der Waals surface area contributed by atoms with Crippen LogP contribution in [0.1, 0.15) is 28.5 Å². The fraction of sp³-hybridized carbons (Fsp3) is 0.138. The Kier molecular flexibility index (Phi) is 8.01. The molecule has 0 bridgehead atoms. The van der Waals surface area contributed by atoms with Crippen LogP contribution in [-0.2, 0) is 11.2 Å². The summed E-state index contributed by atoms with van der Waals surface area (Å²) in [5, 5.41) is 0.612. The van der Waals surface area contributed by atoms with E-state index in [2.05, 4.69) is 11.9 Å². The van der Waals surface area contributed by atoms with Gasteiger partial charge >= 0.3 is 0 Å². The van der Waals surface area contributed by atoms with Gasteiger partial charge in [-0.2, -0.15) is 0 Å². The number of thioether (sulfide) groups is 1. The Labute approximate surface area is 215 Å². The van der Waals surface area contributed by atoms with Crippen LogP contribution in [0, 0.1) is 0 Å². The van der Waals surface area contributed by atoms with Crippen molar-refractivity contribution in [3.63, 3.8) is 0 Å². The molecule has 0 aliphatic carbocycles. The third-order valence-corrected chi connectivity index (χ3v) is 6.74. The summed E-state index contributed by atoms with van der Waals surface area (Å²) in [6.45, 7) is 2.11. The molecule has 4 aromatic rings. The molecule has 35 heavy (non-hydrogen) atoms. The molecule has 6 heteroatoms. The van der Waals surface area contributed by atoms with E-state index in [0.29, 0.717) is 22.0 Å². The number of likely N-dealkylation sites (N-methyl/N-ethyl adjacent to an activating group) is 1. The number of rotatable bonds is 8. The lowest BCUT2D eigenvalue weighted by molar-refractivity contribution is -0.117. The minimum Gasteiger partial charge on any atom is -0.300 e. The normalized spacial score (nSPS) is 10.7. The van der Waals surface area contributed by atoms with Crippen molar-refractivity contribution >= 4 is 40.9 Å². The first-order valence-corrected chi connectivity index (χ1v) is 12.7. The first-order chi connectivity index (χ1) is 17.0. The molecule has 3 aromatic carbocycles. The molecule has 1 amide bonds. The number of carbonyl (C=O) groups is 2. The van der Waals surface area contributed by atoms with Crippen molar-refractivity contribution in [1.29, 1.82) is 0 Å². The lowest BCUT2D eigenvalue weighted by Gasteiger charge is -2.19. The molecule has 0 aliphatic heterocycles. The highest BCUT2D eigenvalue weighted by atomic mass is 35.5. The maximum Gasteiger partial charge on any atom is 0.232 e. The zero-order chi connectivity index (χ0) is 24.8. The number of aromatic nitrogens is 1. The Morgan fingerprint density at radius 1 is 0.886 bits per heavy atom. The van der Waals surface area contributed by atoms with E-state index in [9.17, 15) is 9.59 Å². The predicted octanol–water partition coefficient (Wildman–Crippen LogP) is 6.95. The van der Waals surface area contributed by atoms with Crippen molar-refractivity contribution in [2.45, 2.75) is 18.2 Å². The van der Waals surface area contributed by atoms with Gasteiger partial charge in [-0.25, -0.2) is 4.98 Å². The molecule has 0 saturated carbocycles. The fourth-order valence-corrected chi connectivity index (χ4v) is 4.48. The summed E-state index contributed by atoms with van der Waals surface area (Å²) in [4.78, 5) is 33.8. The Balaban J connectivity index is 1.65. The van der Waals surface area contributed by atoms with E-state index in [-0.39, 0.29) is 23.8 Å². The van der Waals surface area contributed by atoms with Gasteiger partial charge in [0.05, 0.1) is 6.42 Å². The first-order valence-electron chi connectivity index (χ1n) is 11.3. The molecule has 4 rings (SSSR count). The molecule has 0 saturated heterocycles.